The Balaban J connectivity index is 2.06. The van der Waals surface area contributed by atoms with Crippen molar-refractivity contribution >= 4 is 0 Å². The largest absolute Gasteiger partial charge is 0.504 e. The lowest BCUT2D eigenvalue weighted by Crippen LogP contribution is -2.52. The molecule has 0 saturated carbocycles. The fourth-order valence-electron chi connectivity index (χ4n) is 2.77. The van der Waals surface area contributed by atoms with Crippen LogP contribution in [0.5, 0.6) is 23.0 Å². The zero-order valence-electron chi connectivity index (χ0n) is 13.7. The highest BCUT2D eigenvalue weighted by atomic mass is 16.8. The zero-order chi connectivity index (χ0) is 18.0. The second-order valence-electron chi connectivity index (χ2n) is 5.63. The van der Waals surface area contributed by atoms with Gasteiger partial charge in [0.1, 0.15) is 0 Å². The van der Waals surface area contributed by atoms with E-state index in [4.69, 9.17) is 19.3 Å². The minimum atomic E-state index is -1.70. The number of rotatable bonds is 5. The molecule has 1 aliphatic heterocycles. The Labute approximate surface area is 144 Å². The Hall–Kier alpha value is -2.48. The van der Waals surface area contributed by atoms with Crippen LogP contribution in [0.4, 0.5) is 0 Å². The van der Waals surface area contributed by atoms with Crippen LogP contribution in [0.15, 0.2) is 36.4 Å². The second-order valence-corrected chi connectivity index (χ2v) is 5.63. The van der Waals surface area contributed by atoms with Crippen LogP contribution in [-0.4, -0.2) is 39.9 Å². The minimum Gasteiger partial charge on any atom is -0.504 e. The molecule has 7 heteroatoms. The zero-order valence-corrected chi connectivity index (χ0v) is 13.7. The molecule has 2 atom stereocenters. The molecule has 3 rings (SSSR count). The van der Waals surface area contributed by atoms with Crippen molar-refractivity contribution in [3.05, 3.63) is 47.5 Å². The van der Waals surface area contributed by atoms with Gasteiger partial charge in [-0.2, -0.15) is 0 Å². The number of hydrogen-bond donors (Lipinski definition) is 4. The van der Waals surface area contributed by atoms with E-state index in [2.05, 4.69) is 0 Å². The summed E-state index contributed by atoms with van der Waals surface area (Å²) in [4.78, 5) is 0. The van der Waals surface area contributed by atoms with Crippen molar-refractivity contribution in [2.45, 2.75) is 25.4 Å². The number of fused-ring (bicyclic) bond motifs is 1. The highest BCUT2D eigenvalue weighted by molar-refractivity contribution is 5.47. The van der Waals surface area contributed by atoms with Crippen molar-refractivity contribution in [3.63, 3.8) is 0 Å². The Bertz CT molecular complexity index is 761. The maximum atomic E-state index is 10.5. The van der Waals surface area contributed by atoms with Gasteiger partial charge >= 0.3 is 5.79 Å². The third kappa shape index (κ3) is 3.09. The molecule has 1 heterocycles. The summed E-state index contributed by atoms with van der Waals surface area (Å²) < 4.78 is 17.2. The molecule has 0 bridgehead atoms. The Morgan fingerprint density at radius 3 is 2.56 bits per heavy atom. The van der Waals surface area contributed by atoms with Gasteiger partial charge in [0.05, 0.1) is 0 Å². The van der Waals surface area contributed by atoms with Crippen LogP contribution in [-0.2, 0) is 16.9 Å². The van der Waals surface area contributed by atoms with Crippen LogP contribution in [0.1, 0.15) is 18.1 Å². The average Bonchev–Trinajstić information content (AvgIpc) is 2.59. The van der Waals surface area contributed by atoms with E-state index in [9.17, 15) is 15.3 Å². The number of hydrogen-bond acceptors (Lipinski definition) is 7. The van der Waals surface area contributed by atoms with Crippen molar-refractivity contribution in [3.8, 4) is 23.0 Å². The number of benzene rings is 2. The van der Waals surface area contributed by atoms with Gasteiger partial charge in [0.25, 0.3) is 6.29 Å². The van der Waals surface area contributed by atoms with E-state index in [1.54, 1.807) is 25.1 Å². The lowest BCUT2D eigenvalue weighted by atomic mass is 10.0. The summed E-state index contributed by atoms with van der Waals surface area (Å²) in [5, 5.41) is 39.0. The van der Waals surface area contributed by atoms with Gasteiger partial charge in [-0.3, -0.25) is 0 Å². The second kappa shape index (κ2) is 6.79. The third-order valence-corrected chi connectivity index (χ3v) is 3.97. The SMILES string of the molecule is CCO[C@]1(c2ccc(O)c(O)c2)Oc2cc(CCO)ccc2O[C@H]1O. The molecule has 0 spiro atoms. The Kier molecular flexibility index (Phi) is 4.71. The third-order valence-electron chi connectivity index (χ3n) is 3.97. The minimum absolute atomic E-state index is 0.00922. The van der Waals surface area contributed by atoms with Gasteiger partial charge < -0.3 is 34.6 Å². The summed E-state index contributed by atoms with van der Waals surface area (Å²) in [7, 11) is 0. The molecule has 0 amide bonds. The fourth-order valence-corrected chi connectivity index (χ4v) is 2.77. The summed E-state index contributed by atoms with van der Waals surface area (Å²) >= 11 is 0. The molecule has 0 radical (unpaired) electrons. The molecule has 2 aromatic carbocycles. The first-order chi connectivity index (χ1) is 12.0. The van der Waals surface area contributed by atoms with Gasteiger partial charge in [0.2, 0.25) is 0 Å². The number of aliphatic hydroxyl groups is 2. The van der Waals surface area contributed by atoms with Crippen molar-refractivity contribution in [2.75, 3.05) is 13.2 Å². The Morgan fingerprint density at radius 2 is 1.88 bits per heavy atom. The average molecular weight is 348 g/mol. The summed E-state index contributed by atoms with van der Waals surface area (Å²) in [6.45, 7) is 1.92. The summed E-state index contributed by atoms with van der Waals surface area (Å²) in [5.41, 5.74) is 1.12. The van der Waals surface area contributed by atoms with Gasteiger partial charge in [-0.1, -0.05) is 6.07 Å². The number of aromatic hydroxyl groups is 2. The first-order valence-corrected chi connectivity index (χ1v) is 7.94. The fraction of sp³-hybridized carbons (Fsp3) is 0.333. The van der Waals surface area contributed by atoms with Gasteiger partial charge in [-0.15, -0.1) is 0 Å². The molecule has 7 nitrogen and oxygen atoms in total. The summed E-state index contributed by atoms with van der Waals surface area (Å²) in [6.07, 6.45) is -1.05. The number of aliphatic hydroxyl groups excluding tert-OH is 2. The van der Waals surface area contributed by atoms with E-state index >= 15 is 0 Å². The van der Waals surface area contributed by atoms with Crippen LogP contribution in [0, 0.1) is 0 Å². The number of phenols is 2. The highest BCUT2D eigenvalue weighted by Gasteiger charge is 2.49. The van der Waals surface area contributed by atoms with Crippen LogP contribution in [0.2, 0.25) is 0 Å². The van der Waals surface area contributed by atoms with Crippen molar-refractivity contribution < 1.29 is 34.6 Å². The standard InChI is InChI=1S/C18H20O7/c1-2-23-18(12-4-5-13(20)14(21)10-12)17(22)24-15-6-3-11(7-8-19)9-16(15)25-18/h3-6,9-10,17,19-22H,2,7-8H2,1H3/t17-,18-/m1/s1. The van der Waals surface area contributed by atoms with Crippen LogP contribution in [0.25, 0.3) is 0 Å². The van der Waals surface area contributed by atoms with Crippen molar-refractivity contribution in [1.82, 2.24) is 0 Å². The van der Waals surface area contributed by atoms with Crippen molar-refractivity contribution in [1.29, 1.82) is 0 Å². The van der Waals surface area contributed by atoms with E-state index in [1.807, 2.05) is 0 Å². The first kappa shape index (κ1) is 17.3. The monoisotopic (exact) mass is 348 g/mol. The number of phenolic OH excluding ortho intramolecular Hbond substituents is 2. The lowest BCUT2D eigenvalue weighted by Gasteiger charge is -2.41. The normalized spacial score (nSPS) is 22.0. The maximum Gasteiger partial charge on any atom is 0.301 e. The topological polar surface area (TPSA) is 109 Å². The van der Waals surface area contributed by atoms with E-state index in [0.29, 0.717) is 17.9 Å². The molecule has 0 aliphatic carbocycles. The first-order valence-electron chi connectivity index (χ1n) is 7.94. The highest BCUT2D eigenvalue weighted by Crippen LogP contribution is 2.45. The molecule has 0 aromatic heterocycles. The van der Waals surface area contributed by atoms with E-state index < -0.39 is 12.1 Å². The number of ether oxygens (including phenoxy) is 3. The molecule has 0 saturated heterocycles. The molecular formula is C18H20O7. The summed E-state index contributed by atoms with van der Waals surface area (Å²) in [5.74, 6) is -1.69. The predicted molar refractivity (Wildman–Crippen MR) is 87.6 cm³/mol. The molecule has 0 unspecified atom stereocenters. The summed E-state index contributed by atoms with van der Waals surface area (Å²) in [6, 6.07) is 9.11. The molecule has 1 aliphatic rings. The maximum absolute atomic E-state index is 10.5. The van der Waals surface area contributed by atoms with E-state index in [1.165, 1.54) is 18.2 Å². The molecule has 25 heavy (non-hydrogen) atoms. The molecular weight excluding hydrogens is 328 g/mol. The van der Waals surface area contributed by atoms with Crippen LogP contribution >= 0.6 is 0 Å². The quantitative estimate of drug-likeness (QED) is 0.608. The Morgan fingerprint density at radius 1 is 1.08 bits per heavy atom. The predicted octanol–water partition coefficient (Wildman–Crippen LogP) is 1.61. The molecule has 134 valence electrons. The van der Waals surface area contributed by atoms with Crippen molar-refractivity contribution in [2.24, 2.45) is 0 Å². The van der Waals surface area contributed by atoms with E-state index in [-0.39, 0.29) is 30.3 Å². The van der Waals surface area contributed by atoms with Gasteiger partial charge in [0, 0.05) is 18.8 Å². The smallest absolute Gasteiger partial charge is 0.301 e. The lowest BCUT2D eigenvalue weighted by molar-refractivity contribution is -0.308. The molecule has 0 fully saturated rings. The molecule has 4 N–H and O–H groups in total. The van der Waals surface area contributed by atoms with Crippen LogP contribution in [0.3, 0.4) is 0 Å². The van der Waals surface area contributed by atoms with Crippen LogP contribution < -0.4 is 9.47 Å². The molecule has 2 aromatic rings. The van der Waals surface area contributed by atoms with Gasteiger partial charge in [-0.05, 0) is 49.2 Å². The van der Waals surface area contributed by atoms with Gasteiger partial charge in [0.15, 0.2) is 23.0 Å². The van der Waals surface area contributed by atoms with E-state index in [0.717, 1.165) is 5.56 Å². The van der Waals surface area contributed by atoms with Gasteiger partial charge in [-0.25, -0.2) is 0 Å².